The van der Waals surface area contributed by atoms with E-state index in [1.54, 1.807) is 24.3 Å². The molecule has 1 N–H and O–H groups in total. The Balaban J connectivity index is 1.47. The number of hydrogen-bond acceptors (Lipinski definition) is 6. The minimum atomic E-state index is -0.504. The van der Waals surface area contributed by atoms with Gasteiger partial charge in [0.05, 0.1) is 22.1 Å². The Morgan fingerprint density at radius 3 is 2.68 bits per heavy atom. The fourth-order valence-electron chi connectivity index (χ4n) is 3.63. The molecule has 0 spiro atoms. The van der Waals surface area contributed by atoms with Crippen LogP contribution in [0.4, 0.5) is 14.9 Å². The van der Waals surface area contributed by atoms with E-state index in [9.17, 15) is 18.8 Å². The lowest BCUT2D eigenvalue weighted by Crippen LogP contribution is -2.27. The van der Waals surface area contributed by atoms with Crippen molar-refractivity contribution in [2.24, 2.45) is 0 Å². The fourth-order valence-corrected chi connectivity index (χ4v) is 5.48. The molecule has 1 aliphatic rings. The van der Waals surface area contributed by atoms with Crippen LogP contribution in [0.15, 0.2) is 59.5 Å². The van der Waals surface area contributed by atoms with Crippen LogP contribution in [-0.2, 0) is 16.1 Å². The van der Waals surface area contributed by atoms with Crippen molar-refractivity contribution in [3.05, 3.63) is 90.6 Å². The molecule has 0 radical (unpaired) electrons. The summed E-state index contributed by atoms with van der Waals surface area (Å²) < 4.78 is 25.2. The molecule has 0 atom stereocenters. The molecule has 1 heterocycles. The first-order valence-corrected chi connectivity index (χ1v) is 13.5. The number of aryl methyl sites for hydroxylation is 1. The Bertz CT molecular complexity index is 1470. The molecule has 4 rings (SSSR count). The molecule has 196 valence electrons. The summed E-state index contributed by atoms with van der Waals surface area (Å²) in [5.74, 6) is -0.571. The van der Waals surface area contributed by atoms with Gasteiger partial charge in [-0.3, -0.25) is 19.3 Å². The third kappa shape index (κ3) is 6.66. The number of amides is 3. The van der Waals surface area contributed by atoms with Crippen LogP contribution in [0.3, 0.4) is 0 Å². The van der Waals surface area contributed by atoms with E-state index in [0.717, 1.165) is 28.3 Å². The monoisotopic (exact) mass is 666 g/mol. The van der Waals surface area contributed by atoms with Crippen molar-refractivity contribution >= 4 is 74.8 Å². The molecule has 7 nitrogen and oxygen atoms in total. The van der Waals surface area contributed by atoms with Crippen LogP contribution in [0.1, 0.15) is 16.7 Å². The summed E-state index contributed by atoms with van der Waals surface area (Å²) in [5, 5.41) is 2.46. The van der Waals surface area contributed by atoms with Crippen LogP contribution < -0.4 is 14.8 Å². The number of ether oxygens (including phenoxy) is 2. The van der Waals surface area contributed by atoms with E-state index in [-0.39, 0.29) is 29.0 Å². The SMILES string of the molecule is COc1cc(/C=C2\SC(=O)N(Cc3ccc(F)cc3Cl)C2=O)cc(I)c1OCC(=O)Nc1cccc(C)c1. The van der Waals surface area contributed by atoms with Crippen LogP contribution in [0.25, 0.3) is 6.08 Å². The van der Waals surface area contributed by atoms with Gasteiger partial charge >= 0.3 is 0 Å². The van der Waals surface area contributed by atoms with Crippen LogP contribution >= 0.6 is 46.0 Å². The van der Waals surface area contributed by atoms with Gasteiger partial charge in [-0.05, 0) is 100 Å². The summed E-state index contributed by atoms with van der Waals surface area (Å²) in [6, 6.07) is 14.6. The zero-order chi connectivity index (χ0) is 27.4. The fraction of sp³-hybridized carbons (Fsp3) is 0.148. The molecule has 11 heteroatoms. The Hall–Kier alpha value is -3.09. The van der Waals surface area contributed by atoms with E-state index < -0.39 is 17.0 Å². The predicted octanol–water partition coefficient (Wildman–Crippen LogP) is 6.65. The van der Waals surface area contributed by atoms with Gasteiger partial charge in [-0.2, -0.15) is 0 Å². The van der Waals surface area contributed by atoms with Crippen molar-refractivity contribution in [1.29, 1.82) is 0 Å². The number of thioether (sulfide) groups is 1. The Morgan fingerprint density at radius 2 is 1.97 bits per heavy atom. The minimum Gasteiger partial charge on any atom is -0.493 e. The van der Waals surface area contributed by atoms with Crippen molar-refractivity contribution in [2.45, 2.75) is 13.5 Å². The highest BCUT2D eigenvalue weighted by Crippen LogP contribution is 2.38. The van der Waals surface area contributed by atoms with Gasteiger partial charge in [0.25, 0.3) is 17.1 Å². The summed E-state index contributed by atoms with van der Waals surface area (Å²) in [7, 11) is 1.47. The molecule has 1 fully saturated rings. The number of nitrogens with zero attached hydrogens (tertiary/aromatic N) is 1. The van der Waals surface area contributed by atoms with E-state index in [4.69, 9.17) is 21.1 Å². The first-order valence-electron chi connectivity index (χ1n) is 11.2. The van der Waals surface area contributed by atoms with Crippen LogP contribution in [-0.4, -0.2) is 35.7 Å². The summed E-state index contributed by atoms with van der Waals surface area (Å²) in [5.41, 5.74) is 2.76. The van der Waals surface area contributed by atoms with Crippen molar-refractivity contribution in [2.75, 3.05) is 19.0 Å². The molecular formula is C27H21ClFIN2O5S. The van der Waals surface area contributed by atoms with Gasteiger partial charge in [-0.15, -0.1) is 0 Å². The standard InChI is InChI=1S/C27H21ClFIN2O5S/c1-15-4-3-5-19(8-15)31-24(33)14-37-25-21(30)9-16(10-22(25)36-2)11-23-26(34)32(27(35)38-23)13-17-6-7-18(29)12-20(17)28/h3-12H,13-14H2,1-2H3,(H,31,33)/b23-11-. The molecular weight excluding hydrogens is 646 g/mol. The lowest BCUT2D eigenvalue weighted by atomic mass is 10.1. The second-order valence-corrected chi connectivity index (χ2v) is 10.8. The molecule has 3 aromatic carbocycles. The van der Waals surface area contributed by atoms with Crippen LogP contribution in [0, 0.1) is 16.3 Å². The number of imide groups is 1. The van der Waals surface area contributed by atoms with Gasteiger partial charge in [-0.1, -0.05) is 29.8 Å². The van der Waals surface area contributed by atoms with E-state index in [1.807, 2.05) is 25.1 Å². The van der Waals surface area contributed by atoms with E-state index >= 15 is 0 Å². The maximum atomic E-state index is 13.3. The minimum absolute atomic E-state index is 0.0701. The molecule has 0 unspecified atom stereocenters. The maximum absolute atomic E-state index is 13.3. The quantitative estimate of drug-likeness (QED) is 0.214. The van der Waals surface area contributed by atoms with Crippen LogP contribution in [0.2, 0.25) is 5.02 Å². The molecule has 3 amide bonds. The molecule has 38 heavy (non-hydrogen) atoms. The number of carbonyl (C=O) groups is 3. The Morgan fingerprint density at radius 1 is 1.18 bits per heavy atom. The smallest absolute Gasteiger partial charge is 0.293 e. The van der Waals surface area contributed by atoms with Crippen molar-refractivity contribution in [3.8, 4) is 11.5 Å². The number of anilines is 1. The highest BCUT2D eigenvalue weighted by molar-refractivity contribution is 14.1. The van der Waals surface area contributed by atoms with E-state index in [0.29, 0.717) is 31.9 Å². The molecule has 3 aromatic rings. The van der Waals surface area contributed by atoms with Gasteiger partial charge in [0.1, 0.15) is 5.82 Å². The number of nitrogens with one attached hydrogen (secondary N) is 1. The summed E-state index contributed by atoms with van der Waals surface area (Å²) in [4.78, 5) is 39.1. The average Bonchev–Trinajstić information content (AvgIpc) is 3.11. The van der Waals surface area contributed by atoms with E-state index in [1.165, 1.54) is 19.2 Å². The number of rotatable bonds is 8. The largest absolute Gasteiger partial charge is 0.493 e. The van der Waals surface area contributed by atoms with Crippen LogP contribution in [0.5, 0.6) is 11.5 Å². The summed E-state index contributed by atoms with van der Waals surface area (Å²) in [6.07, 6.45) is 1.58. The highest BCUT2D eigenvalue weighted by Gasteiger charge is 2.35. The lowest BCUT2D eigenvalue weighted by Gasteiger charge is -2.14. The normalized spacial score (nSPS) is 14.2. The third-order valence-corrected chi connectivity index (χ3v) is 7.48. The number of methoxy groups -OCH3 is 1. The molecule has 1 saturated heterocycles. The van der Waals surface area contributed by atoms with Gasteiger partial charge < -0.3 is 14.8 Å². The van der Waals surface area contributed by atoms with Gasteiger partial charge in [0.15, 0.2) is 18.1 Å². The molecule has 1 aliphatic heterocycles. The topological polar surface area (TPSA) is 84.9 Å². The summed E-state index contributed by atoms with van der Waals surface area (Å²) >= 11 is 8.91. The zero-order valence-electron chi connectivity index (χ0n) is 20.2. The molecule has 0 bridgehead atoms. The number of benzene rings is 3. The summed E-state index contributed by atoms with van der Waals surface area (Å²) in [6.45, 7) is 1.63. The van der Waals surface area contributed by atoms with Crippen molar-refractivity contribution in [1.82, 2.24) is 4.90 Å². The van der Waals surface area contributed by atoms with Crippen molar-refractivity contribution in [3.63, 3.8) is 0 Å². The average molecular weight is 667 g/mol. The number of halogens is 3. The number of hydrogen-bond donors (Lipinski definition) is 1. The molecule has 0 aromatic heterocycles. The Kier molecular flexibility index (Phi) is 8.95. The zero-order valence-corrected chi connectivity index (χ0v) is 23.9. The highest BCUT2D eigenvalue weighted by atomic mass is 127. The van der Waals surface area contributed by atoms with E-state index in [2.05, 4.69) is 27.9 Å². The third-order valence-electron chi connectivity index (χ3n) is 5.42. The number of carbonyl (C=O) groups excluding carboxylic acids is 3. The Labute approximate surface area is 241 Å². The van der Waals surface area contributed by atoms with Gasteiger partial charge in [0.2, 0.25) is 0 Å². The molecule has 0 aliphatic carbocycles. The first-order chi connectivity index (χ1) is 18.1. The second kappa shape index (κ2) is 12.2. The molecule has 0 saturated carbocycles. The predicted molar refractivity (Wildman–Crippen MR) is 154 cm³/mol. The second-order valence-electron chi connectivity index (χ2n) is 8.24. The maximum Gasteiger partial charge on any atom is 0.293 e. The first kappa shape index (κ1) is 27.9. The lowest BCUT2D eigenvalue weighted by molar-refractivity contribution is -0.123. The van der Waals surface area contributed by atoms with Gasteiger partial charge in [0, 0.05) is 10.7 Å². The van der Waals surface area contributed by atoms with Crippen molar-refractivity contribution < 1.29 is 28.2 Å². The van der Waals surface area contributed by atoms with Gasteiger partial charge in [-0.25, -0.2) is 4.39 Å².